The van der Waals surface area contributed by atoms with Crippen LogP contribution in [0.25, 0.3) is 0 Å². The normalized spacial score (nSPS) is 10.3. The highest BCUT2D eigenvalue weighted by Crippen LogP contribution is 2.11. The third kappa shape index (κ3) is 7.09. The summed E-state index contributed by atoms with van der Waals surface area (Å²) < 4.78 is 18.0. The number of nitrogens with zero attached hydrogens (tertiary/aromatic N) is 1. The number of ether oxygens (including phenoxy) is 1. The van der Waals surface area contributed by atoms with Gasteiger partial charge in [0.15, 0.2) is 0 Å². The summed E-state index contributed by atoms with van der Waals surface area (Å²) in [7, 11) is 1.60. The van der Waals surface area contributed by atoms with Gasteiger partial charge in [-0.2, -0.15) is 0 Å². The number of benzene rings is 2. The van der Waals surface area contributed by atoms with Crippen LogP contribution in [-0.4, -0.2) is 36.9 Å². The SMILES string of the molecule is COc1ccc(CNC(=O)CCN(CCc2ccc(F)cc2)C(C)=O)cc1. The Morgan fingerprint density at radius 3 is 2.22 bits per heavy atom. The Morgan fingerprint density at radius 1 is 1.00 bits per heavy atom. The van der Waals surface area contributed by atoms with Crippen molar-refractivity contribution in [1.82, 2.24) is 10.2 Å². The van der Waals surface area contributed by atoms with Gasteiger partial charge in [-0.05, 0) is 41.8 Å². The Bertz CT molecular complexity index is 745. The molecule has 144 valence electrons. The number of nitrogens with one attached hydrogen (secondary N) is 1. The highest BCUT2D eigenvalue weighted by molar-refractivity contribution is 5.78. The van der Waals surface area contributed by atoms with E-state index in [0.29, 0.717) is 26.1 Å². The maximum atomic E-state index is 12.9. The third-order valence-electron chi connectivity index (χ3n) is 4.29. The third-order valence-corrected chi connectivity index (χ3v) is 4.29. The van der Waals surface area contributed by atoms with Gasteiger partial charge < -0.3 is 15.0 Å². The minimum Gasteiger partial charge on any atom is -0.497 e. The Hall–Kier alpha value is -2.89. The quantitative estimate of drug-likeness (QED) is 0.736. The standard InChI is InChI=1S/C21H25FN2O3/c1-16(25)24(13-11-17-3-7-19(22)8-4-17)14-12-21(26)23-15-18-5-9-20(27-2)10-6-18/h3-10H,11-15H2,1-2H3,(H,23,26). The molecule has 2 rings (SSSR count). The van der Waals surface area contributed by atoms with Gasteiger partial charge in [-0.3, -0.25) is 9.59 Å². The first-order valence-corrected chi connectivity index (χ1v) is 8.87. The average molecular weight is 372 g/mol. The molecule has 0 aliphatic heterocycles. The molecule has 0 aliphatic carbocycles. The van der Waals surface area contributed by atoms with Gasteiger partial charge in [0.2, 0.25) is 11.8 Å². The minimum absolute atomic E-state index is 0.0833. The molecule has 0 saturated carbocycles. The molecular formula is C21H25FN2O3. The van der Waals surface area contributed by atoms with E-state index < -0.39 is 0 Å². The van der Waals surface area contributed by atoms with E-state index in [1.54, 1.807) is 24.1 Å². The van der Waals surface area contributed by atoms with Gasteiger partial charge >= 0.3 is 0 Å². The number of hydrogen-bond acceptors (Lipinski definition) is 3. The van der Waals surface area contributed by atoms with E-state index in [9.17, 15) is 14.0 Å². The van der Waals surface area contributed by atoms with Crippen LogP contribution in [0.3, 0.4) is 0 Å². The summed E-state index contributed by atoms with van der Waals surface area (Å²) in [6.07, 6.45) is 0.854. The summed E-state index contributed by atoms with van der Waals surface area (Å²) >= 11 is 0. The van der Waals surface area contributed by atoms with E-state index in [-0.39, 0.29) is 24.1 Å². The second-order valence-corrected chi connectivity index (χ2v) is 6.26. The summed E-state index contributed by atoms with van der Waals surface area (Å²) in [6.45, 7) is 2.76. The zero-order valence-electron chi connectivity index (χ0n) is 15.7. The number of halogens is 1. The zero-order chi connectivity index (χ0) is 19.6. The molecule has 2 amide bonds. The second kappa shape index (κ2) is 10.3. The molecule has 27 heavy (non-hydrogen) atoms. The van der Waals surface area contributed by atoms with Gasteiger partial charge in [0.1, 0.15) is 11.6 Å². The Kier molecular flexibility index (Phi) is 7.79. The molecule has 0 bridgehead atoms. The molecule has 0 fully saturated rings. The zero-order valence-corrected chi connectivity index (χ0v) is 15.7. The fourth-order valence-corrected chi connectivity index (χ4v) is 2.61. The van der Waals surface area contributed by atoms with Crippen LogP contribution in [0.15, 0.2) is 48.5 Å². The molecular weight excluding hydrogens is 347 g/mol. The van der Waals surface area contributed by atoms with Crippen molar-refractivity contribution in [2.75, 3.05) is 20.2 Å². The van der Waals surface area contributed by atoms with Crippen molar-refractivity contribution in [3.8, 4) is 5.75 Å². The molecule has 0 saturated heterocycles. The fourth-order valence-electron chi connectivity index (χ4n) is 2.61. The summed E-state index contributed by atoms with van der Waals surface area (Å²) in [5.41, 5.74) is 1.93. The second-order valence-electron chi connectivity index (χ2n) is 6.26. The number of carbonyl (C=O) groups is 2. The van der Waals surface area contributed by atoms with Crippen molar-refractivity contribution in [3.63, 3.8) is 0 Å². The Labute approximate surface area is 159 Å². The Morgan fingerprint density at radius 2 is 1.63 bits per heavy atom. The summed E-state index contributed by atoms with van der Waals surface area (Å²) in [4.78, 5) is 25.5. The predicted octanol–water partition coefficient (Wildman–Crippen LogP) is 2.93. The van der Waals surface area contributed by atoms with Crippen molar-refractivity contribution >= 4 is 11.8 Å². The van der Waals surface area contributed by atoms with Crippen molar-refractivity contribution < 1.29 is 18.7 Å². The monoisotopic (exact) mass is 372 g/mol. The first kappa shape index (κ1) is 20.4. The van der Waals surface area contributed by atoms with Crippen molar-refractivity contribution in [3.05, 3.63) is 65.5 Å². The van der Waals surface area contributed by atoms with Crippen LogP contribution < -0.4 is 10.1 Å². The molecule has 0 aromatic heterocycles. The van der Waals surface area contributed by atoms with Crippen molar-refractivity contribution in [2.24, 2.45) is 0 Å². The number of amides is 2. The van der Waals surface area contributed by atoms with Gasteiger partial charge in [-0.25, -0.2) is 4.39 Å². The van der Waals surface area contributed by atoms with Gasteiger partial charge in [0, 0.05) is 33.0 Å². The molecule has 0 heterocycles. The smallest absolute Gasteiger partial charge is 0.222 e. The number of carbonyl (C=O) groups excluding carboxylic acids is 2. The maximum absolute atomic E-state index is 12.9. The number of hydrogen-bond donors (Lipinski definition) is 1. The maximum Gasteiger partial charge on any atom is 0.222 e. The molecule has 0 aliphatic rings. The average Bonchev–Trinajstić information content (AvgIpc) is 2.67. The van der Waals surface area contributed by atoms with Gasteiger partial charge in [0.25, 0.3) is 0 Å². The lowest BCUT2D eigenvalue weighted by Gasteiger charge is -2.21. The summed E-state index contributed by atoms with van der Waals surface area (Å²) in [5, 5.41) is 2.85. The van der Waals surface area contributed by atoms with Crippen LogP contribution in [0.2, 0.25) is 0 Å². The summed E-state index contributed by atoms with van der Waals surface area (Å²) in [5.74, 6) is 0.290. The number of methoxy groups -OCH3 is 1. The predicted molar refractivity (Wildman–Crippen MR) is 102 cm³/mol. The lowest BCUT2D eigenvalue weighted by molar-refractivity contribution is -0.129. The van der Waals surface area contributed by atoms with E-state index in [1.165, 1.54) is 19.1 Å². The number of rotatable bonds is 9. The van der Waals surface area contributed by atoms with E-state index in [2.05, 4.69) is 5.32 Å². The van der Waals surface area contributed by atoms with Crippen LogP contribution in [0.1, 0.15) is 24.5 Å². The van der Waals surface area contributed by atoms with E-state index in [4.69, 9.17) is 4.74 Å². The van der Waals surface area contributed by atoms with E-state index in [1.807, 2.05) is 24.3 Å². The van der Waals surface area contributed by atoms with Crippen LogP contribution in [0, 0.1) is 5.82 Å². The van der Waals surface area contributed by atoms with Gasteiger partial charge in [-0.15, -0.1) is 0 Å². The topological polar surface area (TPSA) is 58.6 Å². The molecule has 0 unspecified atom stereocenters. The Balaban J connectivity index is 1.75. The van der Waals surface area contributed by atoms with Crippen LogP contribution >= 0.6 is 0 Å². The van der Waals surface area contributed by atoms with Gasteiger partial charge in [0.05, 0.1) is 7.11 Å². The molecule has 0 radical (unpaired) electrons. The lowest BCUT2D eigenvalue weighted by atomic mass is 10.1. The first-order chi connectivity index (χ1) is 13.0. The van der Waals surface area contributed by atoms with Crippen molar-refractivity contribution in [1.29, 1.82) is 0 Å². The lowest BCUT2D eigenvalue weighted by Crippen LogP contribution is -2.35. The molecule has 6 heteroatoms. The van der Waals surface area contributed by atoms with E-state index in [0.717, 1.165) is 16.9 Å². The molecule has 0 spiro atoms. The molecule has 2 aromatic carbocycles. The molecule has 0 atom stereocenters. The first-order valence-electron chi connectivity index (χ1n) is 8.87. The molecule has 2 aromatic rings. The van der Waals surface area contributed by atoms with Crippen LogP contribution in [0.4, 0.5) is 4.39 Å². The fraction of sp³-hybridized carbons (Fsp3) is 0.333. The van der Waals surface area contributed by atoms with Crippen LogP contribution in [0.5, 0.6) is 5.75 Å². The molecule has 5 nitrogen and oxygen atoms in total. The minimum atomic E-state index is -0.282. The summed E-state index contributed by atoms with van der Waals surface area (Å²) in [6, 6.07) is 13.7. The highest BCUT2D eigenvalue weighted by Gasteiger charge is 2.11. The van der Waals surface area contributed by atoms with Gasteiger partial charge in [-0.1, -0.05) is 24.3 Å². The van der Waals surface area contributed by atoms with E-state index >= 15 is 0 Å². The molecule has 1 N–H and O–H groups in total. The largest absolute Gasteiger partial charge is 0.497 e. The van der Waals surface area contributed by atoms with Crippen LogP contribution in [-0.2, 0) is 22.6 Å². The van der Waals surface area contributed by atoms with Crippen molar-refractivity contribution in [2.45, 2.75) is 26.3 Å². The highest BCUT2D eigenvalue weighted by atomic mass is 19.1.